The predicted octanol–water partition coefficient (Wildman–Crippen LogP) is 3.40. The number of benzene rings is 1. The van der Waals surface area contributed by atoms with Crippen LogP contribution >= 0.6 is 0 Å². The first-order valence-electron chi connectivity index (χ1n) is 9.77. The summed E-state index contributed by atoms with van der Waals surface area (Å²) in [5, 5.41) is 10.2. The van der Waals surface area contributed by atoms with Gasteiger partial charge in [-0.1, -0.05) is 19.1 Å². The molecule has 0 bridgehead atoms. The van der Waals surface area contributed by atoms with Crippen molar-refractivity contribution >= 4 is 22.6 Å². The summed E-state index contributed by atoms with van der Waals surface area (Å²) in [6, 6.07) is 8.50. The van der Waals surface area contributed by atoms with Gasteiger partial charge in [0.1, 0.15) is 11.3 Å². The normalized spacial score (nSPS) is 17.9. The number of carbonyl (C=O) groups is 1. The van der Waals surface area contributed by atoms with E-state index in [2.05, 4.69) is 28.9 Å². The highest BCUT2D eigenvalue weighted by Gasteiger charge is 2.23. The zero-order chi connectivity index (χ0) is 19.2. The van der Waals surface area contributed by atoms with E-state index in [0.717, 1.165) is 55.4 Å². The fourth-order valence-electron chi connectivity index (χ4n) is 3.84. The van der Waals surface area contributed by atoms with Crippen LogP contribution in [0.3, 0.4) is 0 Å². The van der Waals surface area contributed by atoms with Gasteiger partial charge < -0.3 is 14.7 Å². The van der Waals surface area contributed by atoms with Crippen LogP contribution in [0.15, 0.2) is 30.5 Å². The Balaban J connectivity index is 1.80. The minimum atomic E-state index is -0.765. The molecule has 0 saturated carbocycles. The number of nitrogens with zero attached hydrogens (tertiary/aromatic N) is 3. The average Bonchev–Trinajstić information content (AvgIpc) is 2.91. The molecule has 2 aromatic rings. The van der Waals surface area contributed by atoms with E-state index in [1.54, 1.807) is 0 Å². The number of anilines is 1. The van der Waals surface area contributed by atoms with Gasteiger partial charge in [-0.15, -0.1) is 0 Å². The summed E-state index contributed by atoms with van der Waals surface area (Å²) < 4.78 is 5.88. The number of hydrogen-bond donors (Lipinski definition) is 1. The molecule has 1 aliphatic heterocycles. The first kappa shape index (κ1) is 19.4. The Labute approximate surface area is 160 Å². The van der Waals surface area contributed by atoms with E-state index in [4.69, 9.17) is 9.84 Å². The Morgan fingerprint density at radius 3 is 2.96 bits per heavy atom. The van der Waals surface area contributed by atoms with Gasteiger partial charge in [0, 0.05) is 36.4 Å². The van der Waals surface area contributed by atoms with Gasteiger partial charge in [-0.25, -0.2) is 0 Å². The minimum Gasteiger partial charge on any atom is -0.491 e. The first-order valence-corrected chi connectivity index (χ1v) is 9.77. The number of pyridine rings is 1. The molecule has 0 aliphatic carbocycles. The van der Waals surface area contributed by atoms with Gasteiger partial charge >= 0.3 is 5.97 Å². The number of carboxylic acids is 1. The van der Waals surface area contributed by atoms with Crippen LogP contribution in [0.2, 0.25) is 0 Å². The molecule has 1 N–H and O–H groups in total. The van der Waals surface area contributed by atoms with Crippen LogP contribution in [0.1, 0.15) is 32.6 Å². The highest BCUT2D eigenvalue weighted by molar-refractivity contribution is 5.95. The number of fused-ring (bicyclic) bond motifs is 1. The van der Waals surface area contributed by atoms with Crippen LogP contribution in [0.5, 0.6) is 5.75 Å². The van der Waals surface area contributed by atoms with Crippen molar-refractivity contribution in [1.29, 1.82) is 0 Å². The molecule has 0 radical (unpaired) electrons. The number of carboxylic acid groups (broad SMARTS) is 1. The third-order valence-corrected chi connectivity index (χ3v) is 5.22. The van der Waals surface area contributed by atoms with Gasteiger partial charge in [-0.05, 0) is 44.9 Å². The number of likely N-dealkylation sites (N-methyl/N-ethyl adjacent to an activating group) is 1. The monoisotopic (exact) mass is 371 g/mol. The highest BCUT2D eigenvalue weighted by atomic mass is 16.5. The van der Waals surface area contributed by atoms with Crippen molar-refractivity contribution in [2.75, 3.05) is 38.2 Å². The van der Waals surface area contributed by atoms with Crippen LogP contribution in [0.25, 0.3) is 10.9 Å². The lowest BCUT2D eigenvalue weighted by molar-refractivity contribution is -0.138. The summed E-state index contributed by atoms with van der Waals surface area (Å²) in [5.41, 5.74) is 2.09. The molecular formula is C21H29N3O3. The van der Waals surface area contributed by atoms with Crippen molar-refractivity contribution < 1.29 is 14.6 Å². The second-order valence-corrected chi connectivity index (χ2v) is 7.21. The number of para-hydroxylation sites is 1. The Hall–Kier alpha value is -2.34. The largest absolute Gasteiger partial charge is 0.491 e. The van der Waals surface area contributed by atoms with E-state index < -0.39 is 5.97 Å². The lowest BCUT2D eigenvalue weighted by Crippen LogP contribution is -2.36. The Kier molecular flexibility index (Phi) is 6.50. The molecule has 1 atom stereocenters. The van der Waals surface area contributed by atoms with E-state index in [1.165, 1.54) is 5.69 Å². The molecule has 27 heavy (non-hydrogen) atoms. The predicted molar refractivity (Wildman–Crippen MR) is 108 cm³/mol. The minimum absolute atomic E-state index is 0.0982. The highest BCUT2D eigenvalue weighted by Crippen LogP contribution is 2.32. The Morgan fingerprint density at radius 1 is 1.33 bits per heavy atom. The molecule has 3 rings (SSSR count). The SMILES string of the molecule is CCCOc1cccc2c(N3CCCC(N(C)CC(=O)O)CC3)ccnc12. The van der Waals surface area contributed by atoms with Gasteiger partial charge in [-0.2, -0.15) is 0 Å². The summed E-state index contributed by atoms with van der Waals surface area (Å²) in [7, 11) is 1.91. The molecule has 1 unspecified atom stereocenters. The molecule has 0 spiro atoms. The number of ether oxygens (including phenoxy) is 1. The summed E-state index contributed by atoms with van der Waals surface area (Å²) >= 11 is 0. The molecule has 146 valence electrons. The van der Waals surface area contributed by atoms with Crippen LogP contribution in [0.4, 0.5) is 5.69 Å². The molecular weight excluding hydrogens is 342 g/mol. The lowest BCUT2D eigenvalue weighted by atomic mass is 10.1. The number of aliphatic carboxylic acids is 1. The van der Waals surface area contributed by atoms with Gasteiger partial charge in [0.15, 0.2) is 0 Å². The van der Waals surface area contributed by atoms with Crippen molar-refractivity contribution in [3.8, 4) is 5.75 Å². The van der Waals surface area contributed by atoms with Gasteiger partial charge in [0.25, 0.3) is 0 Å². The van der Waals surface area contributed by atoms with Gasteiger partial charge in [0.05, 0.1) is 13.2 Å². The van der Waals surface area contributed by atoms with E-state index >= 15 is 0 Å². The van der Waals surface area contributed by atoms with Crippen LogP contribution in [0, 0.1) is 0 Å². The lowest BCUT2D eigenvalue weighted by Gasteiger charge is -2.27. The molecule has 0 amide bonds. The summed E-state index contributed by atoms with van der Waals surface area (Å²) in [4.78, 5) is 19.9. The van der Waals surface area contributed by atoms with Crippen LogP contribution in [-0.4, -0.2) is 60.3 Å². The standard InChI is InChI=1S/C21H29N3O3/c1-3-14-27-19-8-4-7-17-18(9-11-22-21(17)19)24-12-5-6-16(10-13-24)23(2)15-20(25)26/h4,7-9,11,16H,3,5-6,10,12-15H2,1-2H3,(H,25,26). The van der Waals surface area contributed by atoms with Gasteiger partial charge in [0.2, 0.25) is 0 Å². The zero-order valence-corrected chi connectivity index (χ0v) is 16.2. The Bertz CT molecular complexity index is 780. The molecule has 1 aliphatic rings. The van der Waals surface area contributed by atoms with Crippen molar-refractivity contribution in [2.24, 2.45) is 0 Å². The van der Waals surface area contributed by atoms with E-state index in [0.29, 0.717) is 12.6 Å². The van der Waals surface area contributed by atoms with E-state index in [9.17, 15) is 4.79 Å². The maximum Gasteiger partial charge on any atom is 0.317 e. The topological polar surface area (TPSA) is 65.9 Å². The Morgan fingerprint density at radius 2 is 2.19 bits per heavy atom. The maximum atomic E-state index is 11.0. The molecule has 1 aromatic carbocycles. The third kappa shape index (κ3) is 4.69. The molecule has 6 heteroatoms. The third-order valence-electron chi connectivity index (χ3n) is 5.22. The number of hydrogen-bond acceptors (Lipinski definition) is 5. The molecule has 1 fully saturated rings. The summed E-state index contributed by atoms with van der Waals surface area (Å²) in [6.07, 6.45) is 5.85. The average molecular weight is 371 g/mol. The van der Waals surface area contributed by atoms with Crippen LogP contribution < -0.4 is 9.64 Å². The van der Waals surface area contributed by atoms with Gasteiger partial charge in [-0.3, -0.25) is 14.7 Å². The van der Waals surface area contributed by atoms with E-state index in [-0.39, 0.29) is 6.54 Å². The first-order chi connectivity index (χ1) is 13.1. The number of rotatable bonds is 7. The van der Waals surface area contributed by atoms with Crippen molar-refractivity contribution in [3.05, 3.63) is 30.5 Å². The molecule has 6 nitrogen and oxygen atoms in total. The second kappa shape index (κ2) is 9.04. The van der Waals surface area contributed by atoms with Crippen molar-refractivity contribution in [2.45, 2.75) is 38.6 Å². The van der Waals surface area contributed by atoms with E-state index in [1.807, 2.05) is 30.3 Å². The number of aromatic nitrogens is 1. The maximum absolute atomic E-state index is 11.0. The molecule has 2 heterocycles. The van der Waals surface area contributed by atoms with Crippen molar-refractivity contribution in [3.63, 3.8) is 0 Å². The zero-order valence-electron chi connectivity index (χ0n) is 16.2. The fraction of sp³-hybridized carbons (Fsp3) is 0.524. The van der Waals surface area contributed by atoms with Crippen molar-refractivity contribution in [1.82, 2.24) is 9.88 Å². The fourth-order valence-corrected chi connectivity index (χ4v) is 3.84. The van der Waals surface area contributed by atoms with Crippen LogP contribution in [-0.2, 0) is 4.79 Å². The summed E-state index contributed by atoms with van der Waals surface area (Å²) in [6.45, 7) is 4.76. The molecule has 1 aromatic heterocycles. The smallest absolute Gasteiger partial charge is 0.317 e. The second-order valence-electron chi connectivity index (χ2n) is 7.21. The molecule has 1 saturated heterocycles. The summed E-state index contributed by atoms with van der Waals surface area (Å²) in [5.74, 6) is 0.0726. The quantitative estimate of drug-likeness (QED) is 0.805.